The molecule has 0 bridgehead atoms. The molecule has 1 amide bonds. The molecule has 0 aliphatic carbocycles. The number of esters is 1. The first kappa shape index (κ1) is 21.1. The van der Waals surface area contributed by atoms with Gasteiger partial charge in [-0.25, -0.2) is 14.8 Å². The second-order valence-electron chi connectivity index (χ2n) is 6.93. The van der Waals surface area contributed by atoms with Gasteiger partial charge in [0.05, 0.1) is 30.5 Å². The lowest BCUT2D eigenvalue weighted by atomic mass is 10.2. The molecule has 0 aliphatic heterocycles. The molecule has 0 fully saturated rings. The maximum Gasteiger partial charge on any atom is 0.328 e. The monoisotopic (exact) mass is 412 g/mol. The van der Waals surface area contributed by atoms with Gasteiger partial charge in [0, 0.05) is 12.3 Å². The Hall–Kier alpha value is -3.62. The molecule has 0 radical (unpaired) electrons. The molecule has 9 heteroatoms. The molecule has 2 aromatic heterocycles. The molecule has 2 N–H and O–H groups in total. The van der Waals surface area contributed by atoms with E-state index < -0.39 is 29.8 Å². The number of amides is 1. The summed E-state index contributed by atoms with van der Waals surface area (Å²) in [4.78, 5) is 33.1. The van der Waals surface area contributed by atoms with Crippen LogP contribution in [0.4, 0.5) is 0 Å². The van der Waals surface area contributed by atoms with Crippen molar-refractivity contribution in [2.75, 3.05) is 7.11 Å². The van der Waals surface area contributed by atoms with E-state index in [-0.39, 0.29) is 17.5 Å². The fourth-order valence-electron chi connectivity index (χ4n) is 3.00. The van der Waals surface area contributed by atoms with Gasteiger partial charge in [0.15, 0.2) is 17.2 Å². The predicted octanol–water partition coefficient (Wildman–Crippen LogP) is 2.46. The largest absolute Gasteiger partial charge is 0.503 e. The number of nitrogens with one attached hydrogen (secondary N) is 1. The first-order valence-electron chi connectivity index (χ1n) is 9.48. The predicted molar refractivity (Wildman–Crippen MR) is 109 cm³/mol. The number of benzene rings is 1. The number of carbonyl (C=O) groups is 2. The molecule has 2 heterocycles. The lowest BCUT2D eigenvalue weighted by Crippen LogP contribution is -2.41. The van der Waals surface area contributed by atoms with Crippen LogP contribution >= 0.6 is 0 Å². The van der Waals surface area contributed by atoms with E-state index in [2.05, 4.69) is 15.3 Å². The van der Waals surface area contributed by atoms with Crippen LogP contribution in [-0.4, -0.2) is 50.8 Å². The zero-order valence-corrected chi connectivity index (χ0v) is 17.2. The number of pyridine rings is 1. The lowest BCUT2D eigenvalue weighted by molar-refractivity contribution is -0.151. The third-order valence-electron chi connectivity index (χ3n) is 4.92. The molecule has 0 saturated heterocycles. The molecular formula is C21H24N4O5. The number of aromatic hydroxyl groups is 1. The van der Waals surface area contributed by atoms with E-state index in [1.165, 1.54) is 26.3 Å². The van der Waals surface area contributed by atoms with E-state index in [0.29, 0.717) is 0 Å². The molecule has 3 aromatic rings. The third kappa shape index (κ3) is 4.19. The lowest BCUT2D eigenvalue weighted by Gasteiger charge is -2.24. The van der Waals surface area contributed by atoms with Gasteiger partial charge in [0.2, 0.25) is 0 Å². The minimum atomic E-state index is -0.945. The van der Waals surface area contributed by atoms with Crippen molar-refractivity contribution in [1.82, 2.24) is 19.9 Å². The van der Waals surface area contributed by atoms with Gasteiger partial charge in [-0.15, -0.1) is 0 Å². The number of imidazole rings is 1. The SMILES string of the molecule is COc1ccnc(C(=O)NC(C)C(=O)OC(C)C(C)n2cnc3ccccc32)c1O. The fourth-order valence-corrected chi connectivity index (χ4v) is 3.00. The maximum absolute atomic E-state index is 12.5. The van der Waals surface area contributed by atoms with Gasteiger partial charge < -0.3 is 24.5 Å². The highest BCUT2D eigenvalue weighted by atomic mass is 16.5. The van der Waals surface area contributed by atoms with Crippen molar-refractivity contribution in [2.24, 2.45) is 0 Å². The third-order valence-corrected chi connectivity index (χ3v) is 4.92. The van der Waals surface area contributed by atoms with Crippen LogP contribution in [0.2, 0.25) is 0 Å². The Balaban J connectivity index is 1.64. The zero-order chi connectivity index (χ0) is 21.8. The molecule has 9 nitrogen and oxygen atoms in total. The van der Waals surface area contributed by atoms with Crippen molar-refractivity contribution in [3.63, 3.8) is 0 Å². The Labute approximate surface area is 173 Å². The first-order chi connectivity index (χ1) is 14.3. The first-order valence-corrected chi connectivity index (χ1v) is 9.48. The Bertz CT molecular complexity index is 1060. The maximum atomic E-state index is 12.5. The minimum absolute atomic E-state index is 0.111. The summed E-state index contributed by atoms with van der Waals surface area (Å²) in [5.41, 5.74) is 1.56. The number of carbonyl (C=O) groups excluding carboxylic acids is 2. The van der Waals surface area contributed by atoms with E-state index in [1.807, 2.05) is 35.8 Å². The molecule has 30 heavy (non-hydrogen) atoms. The van der Waals surface area contributed by atoms with Crippen LogP contribution in [0, 0.1) is 0 Å². The Kier molecular flexibility index (Phi) is 6.20. The summed E-state index contributed by atoms with van der Waals surface area (Å²) in [5.74, 6) is -1.60. The number of hydrogen-bond donors (Lipinski definition) is 2. The molecule has 0 saturated carbocycles. The molecular weight excluding hydrogens is 388 g/mol. The average molecular weight is 412 g/mol. The number of hydrogen-bond acceptors (Lipinski definition) is 7. The topological polar surface area (TPSA) is 116 Å². The minimum Gasteiger partial charge on any atom is -0.503 e. The van der Waals surface area contributed by atoms with Gasteiger partial charge >= 0.3 is 5.97 Å². The highest BCUT2D eigenvalue weighted by Crippen LogP contribution is 2.27. The second kappa shape index (κ2) is 8.81. The van der Waals surface area contributed by atoms with Crippen LogP contribution in [-0.2, 0) is 9.53 Å². The summed E-state index contributed by atoms with van der Waals surface area (Å²) in [7, 11) is 1.36. The van der Waals surface area contributed by atoms with Crippen LogP contribution in [0.15, 0.2) is 42.9 Å². The van der Waals surface area contributed by atoms with E-state index in [4.69, 9.17) is 9.47 Å². The molecule has 0 aliphatic rings. The van der Waals surface area contributed by atoms with Gasteiger partial charge in [0.25, 0.3) is 5.91 Å². The van der Waals surface area contributed by atoms with E-state index in [9.17, 15) is 14.7 Å². The molecule has 3 unspecified atom stereocenters. The summed E-state index contributed by atoms with van der Waals surface area (Å²) in [6.45, 7) is 5.20. The molecule has 0 spiro atoms. The van der Waals surface area contributed by atoms with Crippen molar-refractivity contribution in [1.29, 1.82) is 0 Å². The summed E-state index contributed by atoms with van der Waals surface area (Å²) in [6, 6.07) is 8.00. The molecule has 3 rings (SSSR count). The van der Waals surface area contributed by atoms with Crippen molar-refractivity contribution in [3.05, 3.63) is 48.5 Å². The fraction of sp³-hybridized carbons (Fsp3) is 0.333. The highest BCUT2D eigenvalue weighted by Gasteiger charge is 2.26. The van der Waals surface area contributed by atoms with E-state index >= 15 is 0 Å². The Morgan fingerprint density at radius 2 is 1.87 bits per heavy atom. The van der Waals surface area contributed by atoms with E-state index in [0.717, 1.165) is 11.0 Å². The van der Waals surface area contributed by atoms with Gasteiger partial charge in [-0.1, -0.05) is 12.1 Å². The van der Waals surface area contributed by atoms with Crippen LogP contribution in [0.3, 0.4) is 0 Å². The number of para-hydroxylation sites is 2. The van der Waals surface area contributed by atoms with Gasteiger partial charge in [0.1, 0.15) is 12.1 Å². The number of rotatable bonds is 7. The van der Waals surface area contributed by atoms with Crippen LogP contribution in [0.5, 0.6) is 11.5 Å². The summed E-state index contributed by atoms with van der Waals surface area (Å²) in [5, 5.41) is 12.5. The van der Waals surface area contributed by atoms with Crippen molar-refractivity contribution in [3.8, 4) is 11.5 Å². The molecule has 3 atom stereocenters. The van der Waals surface area contributed by atoms with Crippen molar-refractivity contribution < 1.29 is 24.2 Å². The quantitative estimate of drug-likeness (QED) is 0.573. The highest BCUT2D eigenvalue weighted by molar-refractivity contribution is 5.97. The van der Waals surface area contributed by atoms with Gasteiger partial charge in [-0.05, 0) is 32.9 Å². The normalized spacial score (nSPS) is 14.0. The molecule has 1 aromatic carbocycles. The Morgan fingerprint density at radius 3 is 2.60 bits per heavy atom. The standard InChI is InChI=1S/C21H24N4O5/c1-12(24-20(27)18-19(26)17(29-4)9-10-22-18)21(28)30-14(3)13(2)25-11-23-15-7-5-6-8-16(15)25/h5-14,26H,1-4H3,(H,24,27). The van der Waals surface area contributed by atoms with Crippen LogP contribution in [0.25, 0.3) is 11.0 Å². The van der Waals surface area contributed by atoms with Crippen molar-refractivity contribution in [2.45, 2.75) is 39.0 Å². The summed E-state index contributed by atoms with van der Waals surface area (Å²) < 4.78 is 12.5. The van der Waals surface area contributed by atoms with Crippen LogP contribution in [0.1, 0.15) is 37.3 Å². The van der Waals surface area contributed by atoms with Gasteiger partial charge in [-0.3, -0.25) is 4.79 Å². The van der Waals surface area contributed by atoms with Crippen LogP contribution < -0.4 is 10.1 Å². The number of ether oxygens (including phenoxy) is 2. The average Bonchev–Trinajstić information content (AvgIpc) is 3.17. The smallest absolute Gasteiger partial charge is 0.328 e. The number of nitrogens with zero attached hydrogens (tertiary/aromatic N) is 3. The molecule has 158 valence electrons. The van der Waals surface area contributed by atoms with Crippen molar-refractivity contribution >= 4 is 22.9 Å². The van der Waals surface area contributed by atoms with Gasteiger partial charge in [-0.2, -0.15) is 0 Å². The summed E-state index contributed by atoms with van der Waals surface area (Å²) in [6.07, 6.45) is 2.57. The second-order valence-corrected chi connectivity index (χ2v) is 6.93. The Morgan fingerprint density at radius 1 is 1.13 bits per heavy atom. The van der Waals surface area contributed by atoms with E-state index in [1.54, 1.807) is 13.3 Å². The zero-order valence-electron chi connectivity index (χ0n) is 17.2. The number of fused-ring (bicyclic) bond motifs is 1. The number of aromatic nitrogens is 3. The summed E-state index contributed by atoms with van der Waals surface area (Å²) >= 11 is 0. The number of methoxy groups -OCH3 is 1.